The van der Waals surface area contributed by atoms with Crippen molar-refractivity contribution in [3.05, 3.63) is 46.5 Å². The number of carbonyl (C=O) groups excluding carboxylic acids is 1. The highest BCUT2D eigenvalue weighted by Gasteiger charge is 2.35. The second kappa shape index (κ2) is 6.78. The van der Waals surface area contributed by atoms with E-state index in [4.69, 9.17) is 14.2 Å². The summed E-state index contributed by atoms with van der Waals surface area (Å²) in [6.45, 7) is 2.90. The molecule has 0 bridgehead atoms. The van der Waals surface area contributed by atoms with E-state index in [0.717, 1.165) is 29.7 Å². The van der Waals surface area contributed by atoms with E-state index in [1.165, 1.54) is 0 Å². The third-order valence-corrected chi connectivity index (χ3v) is 5.38. The van der Waals surface area contributed by atoms with Crippen LogP contribution in [0.15, 0.2) is 24.3 Å². The van der Waals surface area contributed by atoms with E-state index in [9.17, 15) is 9.90 Å². The lowest BCUT2D eigenvalue weighted by Crippen LogP contribution is -2.34. The first-order chi connectivity index (χ1) is 13.0. The van der Waals surface area contributed by atoms with E-state index in [0.29, 0.717) is 22.8 Å². The summed E-state index contributed by atoms with van der Waals surface area (Å²) in [6.07, 6.45) is 1.09. The summed E-state index contributed by atoms with van der Waals surface area (Å²) in [7, 11) is 3.61. The van der Waals surface area contributed by atoms with Crippen LogP contribution in [0.2, 0.25) is 0 Å². The molecule has 1 N–H and O–H groups in total. The molecule has 0 fully saturated rings. The first-order valence-corrected chi connectivity index (χ1v) is 9.02. The fraction of sp³-hybridized carbons (Fsp3) is 0.381. The maximum atomic E-state index is 13.0. The van der Waals surface area contributed by atoms with Crippen molar-refractivity contribution in [3.8, 4) is 23.0 Å². The van der Waals surface area contributed by atoms with Crippen LogP contribution in [0.1, 0.15) is 39.5 Å². The highest BCUT2D eigenvalue weighted by molar-refractivity contribution is 5.99. The molecule has 2 aliphatic heterocycles. The van der Waals surface area contributed by atoms with Gasteiger partial charge in [-0.3, -0.25) is 9.69 Å². The Morgan fingerprint density at radius 3 is 2.93 bits per heavy atom. The van der Waals surface area contributed by atoms with Gasteiger partial charge >= 0.3 is 0 Å². The average molecular weight is 369 g/mol. The fourth-order valence-electron chi connectivity index (χ4n) is 3.94. The van der Waals surface area contributed by atoms with Crippen molar-refractivity contribution in [2.75, 3.05) is 27.5 Å². The van der Waals surface area contributed by atoms with Crippen LogP contribution in [-0.2, 0) is 6.42 Å². The SMILES string of the molecule is COc1c2c(cc3c1[C@@H](CC(=O)c1cc(C)ccc1O)N(C)CC3)OCO2. The van der Waals surface area contributed by atoms with Crippen molar-refractivity contribution >= 4 is 5.78 Å². The summed E-state index contributed by atoms with van der Waals surface area (Å²) < 4.78 is 16.8. The Kier molecular flexibility index (Phi) is 4.44. The number of nitrogens with zero attached hydrogens (tertiary/aromatic N) is 1. The van der Waals surface area contributed by atoms with Gasteiger partial charge in [-0.05, 0) is 44.2 Å². The number of Topliss-reactive ketones (excluding diaryl/α,β-unsaturated/α-hetero) is 1. The molecule has 0 saturated heterocycles. The highest BCUT2D eigenvalue weighted by Crippen LogP contribution is 2.50. The van der Waals surface area contributed by atoms with E-state index in [2.05, 4.69) is 4.90 Å². The summed E-state index contributed by atoms with van der Waals surface area (Å²) in [5.74, 6) is 1.85. The second-order valence-corrected chi connectivity index (χ2v) is 7.11. The number of hydrogen-bond acceptors (Lipinski definition) is 6. The van der Waals surface area contributed by atoms with Crippen LogP contribution in [0, 0.1) is 6.92 Å². The Morgan fingerprint density at radius 1 is 1.33 bits per heavy atom. The molecule has 4 rings (SSSR count). The predicted octanol–water partition coefficient (Wildman–Crippen LogP) is 3.24. The highest BCUT2D eigenvalue weighted by atomic mass is 16.7. The molecule has 0 spiro atoms. The summed E-state index contributed by atoms with van der Waals surface area (Å²) in [5, 5.41) is 10.1. The lowest BCUT2D eigenvalue weighted by Gasteiger charge is -2.35. The number of aromatic hydroxyl groups is 1. The van der Waals surface area contributed by atoms with Gasteiger partial charge in [0.1, 0.15) is 5.75 Å². The molecule has 27 heavy (non-hydrogen) atoms. The van der Waals surface area contributed by atoms with Crippen molar-refractivity contribution < 1.29 is 24.1 Å². The quantitative estimate of drug-likeness (QED) is 0.835. The molecule has 0 radical (unpaired) electrons. The first kappa shape index (κ1) is 17.7. The number of likely N-dealkylation sites (N-methyl/N-ethyl adjacent to an activating group) is 1. The van der Waals surface area contributed by atoms with Gasteiger partial charge in [0.25, 0.3) is 0 Å². The van der Waals surface area contributed by atoms with Gasteiger partial charge in [-0.25, -0.2) is 0 Å². The van der Waals surface area contributed by atoms with Gasteiger partial charge in [0.15, 0.2) is 17.3 Å². The predicted molar refractivity (Wildman–Crippen MR) is 100.0 cm³/mol. The number of hydrogen-bond donors (Lipinski definition) is 1. The number of phenols is 1. The van der Waals surface area contributed by atoms with E-state index in [-0.39, 0.29) is 30.8 Å². The minimum Gasteiger partial charge on any atom is -0.507 e. The maximum Gasteiger partial charge on any atom is 0.231 e. The number of benzene rings is 2. The molecule has 2 aliphatic rings. The number of ether oxygens (including phenoxy) is 3. The standard InChI is InChI=1S/C21H23NO5/c1-12-4-5-16(23)14(8-12)17(24)10-15-19-13(6-7-22(15)2)9-18-20(21(19)25-3)27-11-26-18/h4-5,8-9,15,23H,6-7,10-11H2,1-3H3/t15-/m1/s1. The number of phenolic OH excluding ortho intramolecular Hbond substituents is 1. The molecular weight excluding hydrogens is 346 g/mol. The van der Waals surface area contributed by atoms with Gasteiger partial charge in [-0.2, -0.15) is 0 Å². The number of ketones is 1. The van der Waals surface area contributed by atoms with Crippen LogP contribution < -0.4 is 14.2 Å². The second-order valence-electron chi connectivity index (χ2n) is 7.11. The third-order valence-electron chi connectivity index (χ3n) is 5.38. The van der Waals surface area contributed by atoms with Crippen molar-refractivity contribution in [1.29, 1.82) is 0 Å². The topological polar surface area (TPSA) is 68.2 Å². The first-order valence-electron chi connectivity index (χ1n) is 9.02. The molecule has 0 aromatic heterocycles. The van der Waals surface area contributed by atoms with Crippen molar-refractivity contribution in [3.63, 3.8) is 0 Å². The van der Waals surface area contributed by atoms with Crippen molar-refractivity contribution in [1.82, 2.24) is 4.90 Å². The van der Waals surface area contributed by atoms with E-state index in [1.807, 2.05) is 20.0 Å². The van der Waals surface area contributed by atoms with Gasteiger partial charge in [-0.1, -0.05) is 11.6 Å². The Balaban J connectivity index is 1.74. The van der Waals surface area contributed by atoms with Crippen molar-refractivity contribution in [2.24, 2.45) is 0 Å². The number of fused-ring (bicyclic) bond motifs is 2. The van der Waals surface area contributed by atoms with Gasteiger partial charge in [0, 0.05) is 24.6 Å². The molecule has 142 valence electrons. The third kappa shape index (κ3) is 3.00. The number of rotatable bonds is 4. The van der Waals surface area contributed by atoms with E-state index in [1.54, 1.807) is 25.3 Å². The Bertz CT molecular complexity index is 908. The number of aryl methyl sites for hydroxylation is 1. The minimum atomic E-state index is -0.161. The Labute approximate surface area is 158 Å². The zero-order chi connectivity index (χ0) is 19.1. The van der Waals surface area contributed by atoms with Crippen LogP contribution in [0.4, 0.5) is 0 Å². The zero-order valence-corrected chi connectivity index (χ0v) is 15.7. The van der Waals surface area contributed by atoms with E-state index >= 15 is 0 Å². The molecule has 2 aromatic carbocycles. The van der Waals surface area contributed by atoms with Crippen molar-refractivity contribution in [2.45, 2.75) is 25.8 Å². The molecule has 2 aromatic rings. The Hall–Kier alpha value is -2.73. The molecule has 0 aliphatic carbocycles. The van der Waals surface area contributed by atoms with Crippen LogP contribution in [-0.4, -0.2) is 43.3 Å². The zero-order valence-electron chi connectivity index (χ0n) is 15.7. The largest absolute Gasteiger partial charge is 0.507 e. The lowest BCUT2D eigenvalue weighted by atomic mass is 9.87. The average Bonchev–Trinajstić information content (AvgIpc) is 3.12. The summed E-state index contributed by atoms with van der Waals surface area (Å²) in [4.78, 5) is 15.1. The van der Waals surface area contributed by atoms with Crippen LogP contribution in [0.25, 0.3) is 0 Å². The lowest BCUT2D eigenvalue weighted by molar-refractivity contribution is 0.0923. The van der Waals surface area contributed by atoms with Gasteiger partial charge in [-0.15, -0.1) is 0 Å². The number of carbonyl (C=O) groups is 1. The molecule has 1 atom stereocenters. The normalized spacial score (nSPS) is 18.3. The molecule has 0 amide bonds. The summed E-state index contributed by atoms with van der Waals surface area (Å²) in [6, 6.07) is 6.93. The van der Waals surface area contributed by atoms with Gasteiger partial charge in [0.2, 0.25) is 12.5 Å². The van der Waals surface area contributed by atoms with Gasteiger partial charge in [0.05, 0.1) is 12.7 Å². The molecule has 2 heterocycles. The molecule has 0 saturated carbocycles. The molecule has 6 heteroatoms. The summed E-state index contributed by atoms with van der Waals surface area (Å²) >= 11 is 0. The summed E-state index contributed by atoms with van der Waals surface area (Å²) in [5.41, 5.74) is 3.38. The smallest absolute Gasteiger partial charge is 0.231 e. The fourth-order valence-corrected chi connectivity index (χ4v) is 3.94. The van der Waals surface area contributed by atoms with Crippen LogP contribution in [0.3, 0.4) is 0 Å². The molecular formula is C21H23NO5. The van der Waals surface area contributed by atoms with Crippen LogP contribution in [0.5, 0.6) is 23.0 Å². The van der Waals surface area contributed by atoms with Gasteiger partial charge < -0.3 is 19.3 Å². The monoisotopic (exact) mass is 369 g/mol. The minimum absolute atomic E-state index is 0.0157. The van der Waals surface area contributed by atoms with Crippen LogP contribution >= 0.6 is 0 Å². The molecule has 0 unspecified atom stereocenters. The number of methoxy groups -OCH3 is 1. The maximum absolute atomic E-state index is 13.0. The Morgan fingerprint density at radius 2 is 2.15 bits per heavy atom. The van der Waals surface area contributed by atoms with E-state index < -0.39 is 0 Å². The molecule has 6 nitrogen and oxygen atoms in total.